The Morgan fingerprint density at radius 1 is 0.923 bits per heavy atom. The molecule has 1 aromatic heterocycles. The fourth-order valence-corrected chi connectivity index (χ4v) is 3.78. The summed E-state index contributed by atoms with van der Waals surface area (Å²) in [6, 6.07) is 1.57. The van der Waals surface area contributed by atoms with Crippen LogP contribution in [0, 0.1) is 0 Å². The maximum atomic E-state index is 13.0. The van der Waals surface area contributed by atoms with Gasteiger partial charge in [-0.1, -0.05) is 0 Å². The topological polar surface area (TPSA) is 24.9 Å². The van der Waals surface area contributed by atoms with Gasteiger partial charge in [0.25, 0.3) is 0 Å². The van der Waals surface area contributed by atoms with Crippen LogP contribution in [0.15, 0.2) is 23.6 Å². The number of nitrogens with one attached hydrogen (secondary N) is 1. The van der Waals surface area contributed by atoms with E-state index in [4.69, 9.17) is 0 Å². The van der Waals surface area contributed by atoms with E-state index < -0.39 is 23.5 Å². The number of alkyl halides is 6. The second-order valence-corrected chi connectivity index (χ2v) is 6.78. The van der Waals surface area contributed by atoms with Crippen LogP contribution in [0.5, 0.6) is 0 Å². The van der Waals surface area contributed by atoms with E-state index in [1.807, 2.05) is 0 Å². The minimum atomic E-state index is -4.86. The number of nitrogens with zero attached hydrogens (tertiary/aromatic N) is 1. The molecule has 0 atom stereocenters. The molecule has 1 aromatic carbocycles. The van der Waals surface area contributed by atoms with E-state index in [-0.39, 0.29) is 40.2 Å². The molecule has 0 radical (unpaired) electrons. The van der Waals surface area contributed by atoms with E-state index >= 15 is 0 Å². The summed E-state index contributed by atoms with van der Waals surface area (Å²) >= 11 is 1.28. The number of hydrogen-bond acceptors (Lipinski definition) is 3. The molecular weight excluding hydrogens is 446 g/mol. The van der Waals surface area contributed by atoms with Crippen LogP contribution in [0.2, 0.25) is 0 Å². The standard InChI is InChI=1S/C16H14F6N2S.BrH/c17-15(18,19)11-5-10(6-12(7-11)16(20,21)22)13-8-25-14(24-13)9-1-3-23-4-2-9;/h5-9,23H,1-4H2;1H. The van der Waals surface area contributed by atoms with E-state index in [0.29, 0.717) is 0 Å². The Labute approximate surface area is 160 Å². The molecule has 0 amide bonds. The smallest absolute Gasteiger partial charge is 0.317 e. The SMILES string of the molecule is Br.FC(F)(F)c1cc(-c2csc(C3CCNCC3)n2)cc(C(F)(F)F)c1. The molecule has 2 nitrogen and oxygen atoms in total. The highest BCUT2D eigenvalue weighted by Gasteiger charge is 2.37. The molecule has 2 heterocycles. The van der Waals surface area contributed by atoms with Gasteiger partial charge in [0, 0.05) is 16.9 Å². The van der Waals surface area contributed by atoms with Crippen molar-refractivity contribution < 1.29 is 26.3 Å². The van der Waals surface area contributed by atoms with Crippen LogP contribution in [0.3, 0.4) is 0 Å². The van der Waals surface area contributed by atoms with Crippen molar-refractivity contribution in [3.8, 4) is 11.3 Å². The zero-order valence-electron chi connectivity index (χ0n) is 13.2. The fourth-order valence-electron chi connectivity index (χ4n) is 2.78. The van der Waals surface area contributed by atoms with Crippen molar-refractivity contribution >= 4 is 28.3 Å². The molecule has 1 saturated heterocycles. The Hall–Kier alpha value is -1.13. The third kappa shape index (κ3) is 4.77. The molecule has 0 unspecified atom stereocenters. The second kappa shape index (κ2) is 7.85. The average molecular weight is 461 g/mol. The summed E-state index contributed by atoms with van der Waals surface area (Å²) in [4.78, 5) is 4.31. The third-order valence-electron chi connectivity index (χ3n) is 4.09. The third-order valence-corrected chi connectivity index (χ3v) is 5.10. The van der Waals surface area contributed by atoms with Crippen molar-refractivity contribution in [2.45, 2.75) is 31.1 Å². The van der Waals surface area contributed by atoms with Gasteiger partial charge >= 0.3 is 12.4 Å². The van der Waals surface area contributed by atoms with Crippen LogP contribution < -0.4 is 5.32 Å². The summed E-state index contributed by atoms with van der Waals surface area (Å²) in [6.07, 6.45) is -8.01. The molecule has 26 heavy (non-hydrogen) atoms. The highest BCUT2D eigenvalue weighted by Crippen LogP contribution is 2.39. The van der Waals surface area contributed by atoms with Crippen molar-refractivity contribution in [3.63, 3.8) is 0 Å². The summed E-state index contributed by atoms with van der Waals surface area (Å²) in [5, 5.41) is 5.47. The van der Waals surface area contributed by atoms with Gasteiger partial charge in [-0.15, -0.1) is 28.3 Å². The van der Waals surface area contributed by atoms with Crippen molar-refractivity contribution in [3.05, 3.63) is 39.7 Å². The molecule has 0 bridgehead atoms. The summed E-state index contributed by atoms with van der Waals surface area (Å²) in [6.45, 7) is 1.64. The molecule has 0 aliphatic carbocycles. The van der Waals surface area contributed by atoms with Crippen LogP contribution in [-0.4, -0.2) is 18.1 Å². The molecule has 0 saturated carbocycles. The van der Waals surface area contributed by atoms with E-state index in [9.17, 15) is 26.3 Å². The molecular formula is C16H15BrF6N2S. The number of thiazole rings is 1. The monoisotopic (exact) mass is 460 g/mol. The fraction of sp³-hybridized carbons (Fsp3) is 0.438. The highest BCUT2D eigenvalue weighted by molar-refractivity contribution is 8.93. The number of aromatic nitrogens is 1. The summed E-state index contributed by atoms with van der Waals surface area (Å²) in [5.41, 5.74) is -2.67. The molecule has 144 valence electrons. The Morgan fingerprint density at radius 2 is 1.46 bits per heavy atom. The predicted octanol–water partition coefficient (Wildman–Crippen LogP) is 5.89. The van der Waals surface area contributed by atoms with E-state index in [1.54, 1.807) is 0 Å². The quantitative estimate of drug-likeness (QED) is 0.564. The number of hydrogen-bond donors (Lipinski definition) is 1. The van der Waals surface area contributed by atoms with Gasteiger partial charge in [-0.3, -0.25) is 0 Å². The Morgan fingerprint density at radius 3 is 1.96 bits per heavy atom. The lowest BCUT2D eigenvalue weighted by molar-refractivity contribution is -0.143. The molecule has 1 fully saturated rings. The lowest BCUT2D eigenvalue weighted by atomic mass is 9.99. The summed E-state index contributed by atoms with van der Waals surface area (Å²) in [7, 11) is 0. The molecule has 1 N–H and O–H groups in total. The van der Waals surface area contributed by atoms with Crippen molar-refractivity contribution in [1.29, 1.82) is 0 Å². The van der Waals surface area contributed by atoms with Crippen molar-refractivity contribution in [1.82, 2.24) is 10.3 Å². The molecule has 2 aromatic rings. The minimum Gasteiger partial charge on any atom is -0.317 e. The lowest BCUT2D eigenvalue weighted by Gasteiger charge is -2.20. The van der Waals surface area contributed by atoms with Crippen molar-refractivity contribution in [2.24, 2.45) is 0 Å². The molecule has 0 spiro atoms. The maximum Gasteiger partial charge on any atom is 0.416 e. The number of halogens is 7. The predicted molar refractivity (Wildman–Crippen MR) is 92.7 cm³/mol. The molecule has 1 aliphatic rings. The lowest BCUT2D eigenvalue weighted by Crippen LogP contribution is -2.26. The molecule has 3 rings (SSSR count). The second-order valence-electron chi connectivity index (χ2n) is 5.89. The first-order valence-corrected chi connectivity index (χ1v) is 8.48. The first kappa shape index (κ1) is 21.2. The Kier molecular flexibility index (Phi) is 6.40. The minimum absolute atomic E-state index is 0. The van der Waals surface area contributed by atoms with Gasteiger partial charge in [0.1, 0.15) is 0 Å². The van der Waals surface area contributed by atoms with Gasteiger partial charge in [-0.25, -0.2) is 4.98 Å². The summed E-state index contributed by atoms with van der Waals surface area (Å²) in [5.74, 6) is 0.188. The number of benzene rings is 1. The van der Waals surface area contributed by atoms with Crippen LogP contribution in [-0.2, 0) is 12.4 Å². The summed E-state index contributed by atoms with van der Waals surface area (Å²) < 4.78 is 77.7. The van der Waals surface area contributed by atoms with Crippen LogP contribution in [0.1, 0.15) is 34.9 Å². The van der Waals surface area contributed by atoms with E-state index in [1.165, 1.54) is 16.7 Å². The van der Waals surface area contributed by atoms with E-state index in [2.05, 4.69) is 10.3 Å². The highest BCUT2D eigenvalue weighted by atomic mass is 79.9. The van der Waals surface area contributed by atoms with Gasteiger partial charge in [-0.2, -0.15) is 26.3 Å². The van der Waals surface area contributed by atoms with Gasteiger partial charge in [0.15, 0.2) is 0 Å². The van der Waals surface area contributed by atoms with Crippen molar-refractivity contribution in [2.75, 3.05) is 13.1 Å². The average Bonchev–Trinajstić information content (AvgIpc) is 3.04. The van der Waals surface area contributed by atoms with Crippen LogP contribution in [0.25, 0.3) is 11.3 Å². The first-order valence-electron chi connectivity index (χ1n) is 7.60. The largest absolute Gasteiger partial charge is 0.416 e. The van der Waals surface area contributed by atoms with E-state index in [0.717, 1.165) is 43.1 Å². The van der Waals surface area contributed by atoms with Gasteiger partial charge < -0.3 is 5.32 Å². The normalized spacial score (nSPS) is 16.4. The Bertz CT molecular complexity index is 718. The van der Waals surface area contributed by atoms with Gasteiger partial charge in [0.05, 0.1) is 21.8 Å². The van der Waals surface area contributed by atoms with Crippen LogP contribution >= 0.6 is 28.3 Å². The molecule has 1 aliphatic heterocycles. The number of rotatable bonds is 2. The zero-order valence-corrected chi connectivity index (χ0v) is 15.8. The Balaban J connectivity index is 0.00000243. The zero-order chi connectivity index (χ0) is 18.2. The van der Waals surface area contributed by atoms with Crippen LogP contribution in [0.4, 0.5) is 26.3 Å². The molecule has 10 heteroatoms. The van der Waals surface area contributed by atoms with Gasteiger partial charge in [-0.05, 0) is 44.1 Å². The first-order chi connectivity index (χ1) is 11.6. The number of piperidine rings is 1. The van der Waals surface area contributed by atoms with Gasteiger partial charge in [0.2, 0.25) is 0 Å². The maximum absolute atomic E-state index is 13.0.